The molecule has 1 amide bonds. The number of carbonyl (C=O) groups is 1. The minimum atomic E-state index is -0.0386. The van der Waals surface area contributed by atoms with Crippen LogP contribution in [0.3, 0.4) is 0 Å². The highest BCUT2D eigenvalue weighted by atomic mass is 16.2. The van der Waals surface area contributed by atoms with Crippen LogP contribution in [-0.2, 0) is 6.54 Å². The first-order valence-corrected chi connectivity index (χ1v) is 9.71. The highest BCUT2D eigenvalue weighted by Crippen LogP contribution is 2.28. The van der Waals surface area contributed by atoms with Crippen molar-refractivity contribution < 1.29 is 4.79 Å². The van der Waals surface area contributed by atoms with Crippen LogP contribution in [0, 0.1) is 13.8 Å². The zero-order valence-corrected chi connectivity index (χ0v) is 16.4. The number of carbonyl (C=O) groups excluding carboxylic acids is 1. The molecule has 0 spiro atoms. The molecule has 0 bridgehead atoms. The van der Waals surface area contributed by atoms with Gasteiger partial charge >= 0.3 is 0 Å². The molecule has 2 atom stereocenters. The van der Waals surface area contributed by atoms with E-state index in [9.17, 15) is 4.79 Å². The Morgan fingerprint density at radius 2 is 1.86 bits per heavy atom. The van der Waals surface area contributed by atoms with E-state index in [4.69, 9.17) is 5.73 Å². The summed E-state index contributed by atoms with van der Waals surface area (Å²) in [6, 6.07) is 18.1. The number of aryl methyl sites for hydroxylation is 1. The summed E-state index contributed by atoms with van der Waals surface area (Å²) in [5.74, 6) is 0.247. The molecule has 1 saturated heterocycles. The molecule has 28 heavy (non-hydrogen) atoms. The normalized spacial score (nSPS) is 19.2. The van der Waals surface area contributed by atoms with Crippen LogP contribution >= 0.6 is 0 Å². The van der Waals surface area contributed by atoms with Crippen LogP contribution < -0.4 is 5.73 Å². The van der Waals surface area contributed by atoms with Crippen molar-refractivity contribution in [2.75, 3.05) is 13.1 Å². The van der Waals surface area contributed by atoms with Gasteiger partial charge in [0.1, 0.15) is 0 Å². The molecule has 3 aromatic rings. The molecule has 3 heterocycles. The number of benzene rings is 1. The monoisotopic (exact) mass is 374 g/mol. The van der Waals surface area contributed by atoms with Gasteiger partial charge in [0, 0.05) is 42.6 Å². The topological polar surface area (TPSA) is 64.2 Å². The summed E-state index contributed by atoms with van der Waals surface area (Å²) in [6.07, 6.45) is 1.80. The van der Waals surface area contributed by atoms with Crippen molar-refractivity contribution in [1.29, 1.82) is 0 Å². The van der Waals surface area contributed by atoms with E-state index in [2.05, 4.69) is 21.7 Å². The lowest BCUT2D eigenvalue weighted by Gasteiger charge is -2.17. The summed E-state index contributed by atoms with van der Waals surface area (Å²) in [5.41, 5.74) is 11.4. The van der Waals surface area contributed by atoms with Gasteiger partial charge in [0.05, 0.1) is 17.8 Å². The molecule has 2 aromatic heterocycles. The fourth-order valence-corrected chi connectivity index (χ4v) is 4.13. The lowest BCUT2D eigenvalue weighted by molar-refractivity contribution is 0.0788. The van der Waals surface area contributed by atoms with Crippen molar-refractivity contribution in [2.24, 2.45) is 5.73 Å². The Morgan fingerprint density at radius 3 is 2.57 bits per heavy atom. The van der Waals surface area contributed by atoms with Gasteiger partial charge in [-0.25, -0.2) is 0 Å². The summed E-state index contributed by atoms with van der Waals surface area (Å²) >= 11 is 0. The smallest absolute Gasteiger partial charge is 0.255 e. The first-order chi connectivity index (χ1) is 13.5. The number of rotatable bonds is 4. The molecule has 0 radical (unpaired) electrons. The Bertz CT molecular complexity index is 965. The number of pyridine rings is 1. The van der Waals surface area contributed by atoms with Crippen molar-refractivity contribution in [3.63, 3.8) is 0 Å². The Labute approximate surface area is 165 Å². The van der Waals surface area contributed by atoms with Gasteiger partial charge in [-0.05, 0) is 37.6 Å². The van der Waals surface area contributed by atoms with Crippen molar-refractivity contribution in [3.8, 4) is 0 Å². The van der Waals surface area contributed by atoms with Gasteiger partial charge in [0.25, 0.3) is 5.91 Å². The van der Waals surface area contributed by atoms with E-state index >= 15 is 0 Å². The summed E-state index contributed by atoms with van der Waals surface area (Å²) in [5, 5.41) is 0. The minimum absolute atomic E-state index is 0.0386. The molecule has 1 fully saturated rings. The third-order valence-electron chi connectivity index (χ3n) is 5.73. The van der Waals surface area contributed by atoms with E-state index in [1.807, 2.05) is 61.2 Å². The van der Waals surface area contributed by atoms with Gasteiger partial charge in [-0.1, -0.05) is 36.4 Å². The molecule has 0 unspecified atom stereocenters. The Morgan fingerprint density at radius 1 is 1.11 bits per heavy atom. The number of aromatic nitrogens is 2. The molecule has 0 aliphatic carbocycles. The fourth-order valence-electron chi connectivity index (χ4n) is 4.13. The quantitative estimate of drug-likeness (QED) is 0.763. The predicted molar refractivity (Wildman–Crippen MR) is 110 cm³/mol. The zero-order chi connectivity index (χ0) is 19.7. The number of hydrogen-bond donors (Lipinski definition) is 1. The Hall–Kier alpha value is -2.92. The maximum atomic E-state index is 13.2. The Kier molecular flexibility index (Phi) is 5.01. The highest BCUT2D eigenvalue weighted by Gasteiger charge is 2.35. The first-order valence-electron chi connectivity index (χ1n) is 9.71. The second-order valence-corrected chi connectivity index (χ2v) is 7.58. The van der Waals surface area contributed by atoms with Gasteiger partial charge in [-0.3, -0.25) is 9.78 Å². The number of nitrogens with zero attached hydrogens (tertiary/aromatic N) is 3. The highest BCUT2D eigenvalue weighted by molar-refractivity contribution is 5.96. The average Bonchev–Trinajstić information content (AvgIpc) is 3.24. The van der Waals surface area contributed by atoms with Gasteiger partial charge in [-0.2, -0.15) is 0 Å². The van der Waals surface area contributed by atoms with Crippen LogP contribution in [0.15, 0.2) is 60.8 Å². The molecular formula is C23H26N4O. The zero-order valence-electron chi connectivity index (χ0n) is 16.4. The fraction of sp³-hybridized carbons (Fsp3) is 0.304. The van der Waals surface area contributed by atoms with E-state index in [0.717, 1.165) is 22.6 Å². The van der Waals surface area contributed by atoms with E-state index < -0.39 is 0 Å². The second kappa shape index (κ2) is 7.60. The van der Waals surface area contributed by atoms with Crippen LogP contribution in [0.25, 0.3) is 0 Å². The van der Waals surface area contributed by atoms with Gasteiger partial charge in [0.15, 0.2) is 0 Å². The van der Waals surface area contributed by atoms with Crippen LogP contribution in [0.1, 0.15) is 38.9 Å². The molecular weight excluding hydrogens is 348 g/mol. The van der Waals surface area contributed by atoms with Gasteiger partial charge < -0.3 is 15.2 Å². The maximum Gasteiger partial charge on any atom is 0.255 e. The summed E-state index contributed by atoms with van der Waals surface area (Å²) in [4.78, 5) is 19.6. The molecule has 5 heteroatoms. The SMILES string of the molecule is Cc1cc(C(=O)N2C[C@@H](N)[C@H](c3ccccc3)C2)c(C)n1Cc1ccccn1. The van der Waals surface area contributed by atoms with Gasteiger partial charge in [-0.15, -0.1) is 0 Å². The Balaban J connectivity index is 1.55. The van der Waals surface area contributed by atoms with Crippen LogP contribution in [0.4, 0.5) is 0 Å². The third kappa shape index (κ3) is 3.45. The van der Waals surface area contributed by atoms with Crippen molar-refractivity contribution in [1.82, 2.24) is 14.5 Å². The lowest BCUT2D eigenvalue weighted by Crippen LogP contribution is -2.32. The van der Waals surface area contributed by atoms with E-state index in [-0.39, 0.29) is 17.9 Å². The molecule has 4 rings (SSSR count). The number of hydrogen-bond acceptors (Lipinski definition) is 3. The van der Waals surface area contributed by atoms with E-state index in [0.29, 0.717) is 19.6 Å². The molecule has 5 nitrogen and oxygen atoms in total. The van der Waals surface area contributed by atoms with Crippen LogP contribution in [0.5, 0.6) is 0 Å². The molecule has 2 N–H and O–H groups in total. The molecule has 0 saturated carbocycles. The summed E-state index contributed by atoms with van der Waals surface area (Å²) < 4.78 is 2.15. The number of amides is 1. The predicted octanol–water partition coefficient (Wildman–Crippen LogP) is 3.12. The number of likely N-dealkylation sites (tertiary alicyclic amines) is 1. The van der Waals surface area contributed by atoms with Crippen molar-refractivity contribution in [2.45, 2.75) is 32.4 Å². The lowest BCUT2D eigenvalue weighted by atomic mass is 9.95. The second-order valence-electron chi connectivity index (χ2n) is 7.58. The van der Waals surface area contributed by atoms with Crippen molar-refractivity contribution >= 4 is 5.91 Å². The summed E-state index contributed by atoms with van der Waals surface area (Å²) in [6.45, 7) is 5.96. The largest absolute Gasteiger partial charge is 0.342 e. The number of nitrogens with two attached hydrogens (primary N) is 1. The maximum absolute atomic E-state index is 13.2. The molecule has 1 aliphatic rings. The average molecular weight is 374 g/mol. The molecule has 1 aliphatic heterocycles. The summed E-state index contributed by atoms with van der Waals surface area (Å²) in [7, 11) is 0. The molecule has 1 aromatic carbocycles. The van der Waals surface area contributed by atoms with Gasteiger partial charge in [0.2, 0.25) is 0 Å². The van der Waals surface area contributed by atoms with E-state index in [1.54, 1.807) is 6.20 Å². The third-order valence-corrected chi connectivity index (χ3v) is 5.73. The van der Waals surface area contributed by atoms with E-state index in [1.165, 1.54) is 5.56 Å². The van der Waals surface area contributed by atoms with Crippen LogP contribution in [-0.4, -0.2) is 39.5 Å². The van der Waals surface area contributed by atoms with Crippen molar-refractivity contribution in [3.05, 3.63) is 89.0 Å². The molecule has 144 valence electrons. The standard InChI is InChI=1S/C23H26N4O/c1-16-12-20(17(2)27(16)13-19-10-6-7-11-25-19)23(28)26-14-21(22(24)15-26)18-8-4-3-5-9-18/h3-12,21-22H,13-15,24H2,1-2H3/t21-,22+/m0/s1. The first kappa shape index (κ1) is 18.4. The van der Waals surface area contributed by atoms with Crippen LogP contribution in [0.2, 0.25) is 0 Å². The minimum Gasteiger partial charge on any atom is -0.342 e.